The van der Waals surface area contributed by atoms with Gasteiger partial charge in [-0.1, -0.05) is 29.3 Å². The molecule has 0 spiro atoms. The van der Waals surface area contributed by atoms with Crippen molar-refractivity contribution < 1.29 is 4.74 Å². The van der Waals surface area contributed by atoms with Gasteiger partial charge in [0.05, 0.1) is 6.10 Å². The maximum Gasteiger partial charge on any atom is 0.119 e. The maximum absolute atomic E-state index is 5.98. The number of rotatable bonds is 3. The van der Waals surface area contributed by atoms with E-state index in [2.05, 4.69) is 22.9 Å². The van der Waals surface area contributed by atoms with Crippen molar-refractivity contribution in [3.05, 3.63) is 28.7 Å². The van der Waals surface area contributed by atoms with Crippen LogP contribution in [-0.4, -0.2) is 6.10 Å². The fourth-order valence-electron chi connectivity index (χ4n) is 2.36. The van der Waals surface area contributed by atoms with Crippen LogP contribution in [0.5, 0.6) is 5.75 Å². The zero-order chi connectivity index (χ0) is 11.4. The molecule has 16 heavy (non-hydrogen) atoms. The molecule has 2 rings (SSSR count). The van der Waals surface area contributed by atoms with Crippen molar-refractivity contribution in [1.82, 2.24) is 0 Å². The average Bonchev–Trinajstić information content (AvgIpc) is 2.33. The molecule has 1 aromatic rings. The van der Waals surface area contributed by atoms with Crippen molar-refractivity contribution in [1.29, 1.82) is 0 Å². The molecule has 0 saturated heterocycles. The van der Waals surface area contributed by atoms with Crippen molar-refractivity contribution in [3.63, 3.8) is 0 Å². The van der Waals surface area contributed by atoms with Crippen molar-refractivity contribution in [2.45, 2.75) is 45.1 Å². The third-order valence-corrected chi connectivity index (χ3v) is 4.02. The van der Waals surface area contributed by atoms with E-state index in [1.807, 2.05) is 24.3 Å². The van der Waals surface area contributed by atoms with Gasteiger partial charge in [-0.15, -0.1) is 0 Å². The second-order valence-electron chi connectivity index (χ2n) is 4.62. The molecule has 0 amide bonds. The second-order valence-corrected chi connectivity index (χ2v) is 5.54. The molecular formula is C14H19BrO. The lowest BCUT2D eigenvalue weighted by Gasteiger charge is -2.28. The fraction of sp³-hybridized carbons (Fsp3) is 0.571. The van der Waals surface area contributed by atoms with Gasteiger partial charge in [-0.25, -0.2) is 0 Å². The first-order valence-corrected chi connectivity index (χ1v) is 6.99. The van der Waals surface area contributed by atoms with Gasteiger partial charge < -0.3 is 4.74 Å². The number of halogens is 1. The summed E-state index contributed by atoms with van der Waals surface area (Å²) in [6.45, 7) is 2.29. The molecule has 0 bridgehead atoms. The molecule has 1 nitrogen and oxygen atoms in total. The van der Waals surface area contributed by atoms with E-state index in [1.54, 1.807) is 0 Å². The standard InChI is InChI=1S/C14H19BrO/c1-2-11-3-7-13(8-4-11)16-14-9-5-12(15)6-10-14/h5-6,9-11,13H,2-4,7-8H2,1H3/t11-,13-. The van der Waals surface area contributed by atoms with Crippen molar-refractivity contribution >= 4 is 15.9 Å². The summed E-state index contributed by atoms with van der Waals surface area (Å²) in [6.07, 6.45) is 6.85. The molecule has 88 valence electrons. The third kappa shape index (κ3) is 3.24. The minimum Gasteiger partial charge on any atom is -0.490 e. The predicted molar refractivity (Wildman–Crippen MR) is 70.8 cm³/mol. The average molecular weight is 283 g/mol. The van der Waals surface area contributed by atoms with Gasteiger partial charge >= 0.3 is 0 Å². The topological polar surface area (TPSA) is 9.23 Å². The van der Waals surface area contributed by atoms with E-state index >= 15 is 0 Å². The van der Waals surface area contributed by atoms with Gasteiger partial charge in [0, 0.05) is 4.47 Å². The molecule has 0 atom stereocenters. The highest BCUT2D eigenvalue weighted by Gasteiger charge is 2.20. The highest BCUT2D eigenvalue weighted by molar-refractivity contribution is 9.10. The summed E-state index contributed by atoms with van der Waals surface area (Å²) in [6, 6.07) is 8.14. The van der Waals surface area contributed by atoms with Gasteiger partial charge in [0.2, 0.25) is 0 Å². The van der Waals surface area contributed by atoms with Crippen LogP contribution in [0.2, 0.25) is 0 Å². The van der Waals surface area contributed by atoms with Crippen LogP contribution >= 0.6 is 15.9 Å². The van der Waals surface area contributed by atoms with E-state index in [-0.39, 0.29) is 0 Å². The van der Waals surface area contributed by atoms with E-state index in [0.29, 0.717) is 6.10 Å². The molecule has 1 aliphatic carbocycles. The van der Waals surface area contributed by atoms with Gasteiger partial charge in [0.15, 0.2) is 0 Å². The van der Waals surface area contributed by atoms with E-state index in [4.69, 9.17) is 4.74 Å². The number of hydrogen-bond acceptors (Lipinski definition) is 1. The predicted octanol–water partition coefficient (Wildman–Crippen LogP) is 4.80. The first-order chi connectivity index (χ1) is 7.78. The molecule has 0 radical (unpaired) electrons. The number of benzene rings is 1. The summed E-state index contributed by atoms with van der Waals surface area (Å²) in [4.78, 5) is 0. The molecule has 0 aliphatic heterocycles. The normalized spacial score (nSPS) is 25.4. The minimum atomic E-state index is 0.434. The Balaban J connectivity index is 1.84. The molecule has 0 heterocycles. The number of hydrogen-bond donors (Lipinski definition) is 0. The Bertz CT molecular complexity index is 312. The Labute approximate surface area is 106 Å². The lowest BCUT2D eigenvalue weighted by Crippen LogP contribution is -2.23. The van der Waals surface area contributed by atoms with Crippen molar-refractivity contribution in [3.8, 4) is 5.75 Å². The van der Waals surface area contributed by atoms with Crippen LogP contribution in [-0.2, 0) is 0 Å². The first-order valence-electron chi connectivity index (χ1n) is 6.20. The van der Waals surface area contributed by atoms with Crippen LogP contribution in [0.25, 0.3) is 0 Å². The lowest BCUT2D eigenvalue weighted by molar-refractivity contribution is 0.130. The molecule has 2 heteroatoms. The summed E-state index contributed by atoms with van der Waals surface area (Å²) in [5.74, 6) is 1.94. The van der Waals surface area contributed by atoms with Crippen LogP contribution in [0.15, 0.2) is 28.7 Å². The Morgan fingerprint density at radius 3 is 2.31 bits per heavy atom. The maximum atomic E-state index is 5.98. The molecule has 1 fully saturated rings. The summed E-state index contributed by atoms with van der Waals surface area (Å²) >= 11 is 3.43. The number of ether oxygens (including phenoxy) is 1. The smallest absolute Gasteiger partial charge is 0.119 e. The monoisotopic (exact) mass is 282 g/mol. The molecule has 1 aromatic carbocycles. The summed E-state index contributed by atoms with van der Waals surface area (Å²) in [5.41, 5.74) is 0. The summed E-state index contributed by atoms with van der Waals surface area (Å²) in [5, 5.41) is 0. The highest BCUT2D eigenvalue weighted by atomic mass is 79.9. The molecule has 1 aliphatic rings. The van der Waals surface area contributed by atoms with Gasteiger partial charge in [-0.2, -0.15) is 0 Å². The molecule has 0 unspecified atom stereocenters. The van der Waals surface area contributed by atoms with Gasteiger partial charge in [-0.3, -0.25) is 0 Å². The Kier molecular flexibility index (Phi) is 4.28. The molecular weight excluding hydrogens is 264 g/mol. The molecule has 1 saturated carbocycles. The van der Waals surface area contributed by atoms with Crippen LogP contribution in [0.1, 0.15) is 39.0 Å². The van der Waals surface area contributed by atoms with Crippen molar-refractivity contribution in [2.75, 3.05) is 0 Å². The summed E-state index contributed by atoms with van der Waals surface area (Å²) < 4.78 is 7.09. The Morgan fingerprint density at radius 2 is 1.75 bits per heavy atom. The van der Waals surface area contributed by atoms with E-state index < -0.39 is 0 Å². The van der Waals surface area contributed by atoms with E-state index in [0.717, 1.165) is 16.1 Å². The summed E-state index contributed by atoms with van der Waals surface area (Å²) in [7, 11) is 0. The lowest BCUT2D eigenvalue weighted by atomic mass is 9.86. The zero-order valence-electron chi connectivity index (χ0n) is 9.79. The highest BCUT2D eigenvalue weighted by Crippen LogP contribution is 2.29. The third-order valence-electron chi connectivity index (χ3n) is 3.49. The Hall–Kier alpha value is -0.500. The molecule has 0 N–H and O–H groups in total. The Morgan fingerprint density at radius 1 is 1.12 bits per heavy atom. The van der Waals surface area contributed by atoms with Crippen molar-refractivity contribution in [2.24, 2.45) is 5.92 Å². The van der Waals surface area contributed by atoms with Crippen LogP contribution in [0, 0.1) is 5.92 Å². The SMILES string of the molecule is CC[C@H]1CC[C@H](Oc2ccc(Br)cc2)CC1. The molecule has 0 aromatic heterocycles. The van der Waals surface area contributed by atoms with E-state index in [9.17, 15) is 0 Å². The van der Waals surface area contributed by atoms with Crippen LogP contribution < -0.4 is 4.74 Å². The van der Waals surface area contributed by atoms with Gasteiger partial charge in [0.1, 0.15) is 5.75 Å². The fourth-order valence-corrected chi connectivity index (χ4v) is 2.63. The van der Waals surface area contributed by atoms with Crippen LogP contribution in [0.4, 0.5) is 0 Å². The minimum absolute atomic E-state index is 0.434. The van der Waals surface area contributed by atoms with Gasteiger partial charge in [-0.05, 0) is 55.9 Å². The quantitative estimate of drug-likeness (QED) is 0.774. The largest absolute Gasteiger partial charge is 0.490 e. The van der Waals surface area contributed by atoms with Crippen LogP contribution in [0.3, 0.4) is 0 Å². The zero-order valence-corrected chi connectivity index (χ0v) is 11.4. The first kappa shape index (κ1) is 12.0. The van der Waals surface area contributed by atoms with Gasteiger partial charge in [0.25, 0.3) is 0 Å². The van der Waals surface area contributed by atoms with E-state index in [1.165, 1.54) is 32.1 Å². The second kappa shape index (κ2) is 5.72.